The average Bonchev–Trinajstić information content (AvgIpc) is 2.41. The number of nitrogens with two attached hydrogens (primary N) is 1. The van der Waals surface area contributed by atoms with Crippen LogP contribution in [0, 0.1) is 13.8 Å². The number of rotatable bonds is 3. The number of nitrogens with zero attached hydrogens (tertiary/aromatic N) is 1. The third-order valence-electron chi connectivity index (χ3n) is 2.89. The summed E-state index contributed by atoms with van der Waals surface area (Å²) in [5, 5.41) is 12.0. The zero-order chi connectivity index (χ0) is 14.7. The number of amidine groups is 1. The van der Waals surface area contributed by atoms with Gasteiger partial charge in [-0.05, 0) is 53.5 Å². The number of benzene rings is 2. The first-order valence-electron chi connectivity index (χ1n) is 6.04. The maximum Gasteiger partial charge on any atom is 0.172 e. The summed E-state index contributed by atoms with van der Waals surface area (Å²) in [6, 6.07) is 12.1. The Labute approximate surface area is 131 Å². The van der Waals surface area contributed by atoms with E-state index in [1.807, 2.05) is 18.2 Å². The van der Waals surface area contributed by atoms with Crippen molar-refractivity contribution in [1.82, 2.24) is 0 Å². The lowest BCUT2D eigenvalue weighted by molar-refractivity contribution is 0.318. The summed E-state index contributed by atoms with van der Waals surface area (Å²) in [4.78, 5) is 2.10. The predicted octanol–water partition coefficient (Wildman–Crippen LogP) is 4.31. The Morgan fingerprint density at radius 2 is 1.95 bits per heavy atom. The van der Waals surface area contributed by atoms with Crippen LogP contribution in [0.15, 0.2) is 55.8 Å². The maximum atomic E-state index is 8.93. The Bertz CT molecular complexity index is 671. The molecule has 0 fully saturated rings. The summed E-state index contributed by atoms with van der Waals surface area (Å²) in [6.45, 7) is 4.15. The number of hydrogen-bond acceptors (Lipinski definition) is 3. The third kappa shape index (κ3) is 3.16. The molecule has 0 unspecified atom stereocenters. The van der Waals surface area contributed by atoms with Crippen LogP contribution in [0.2, 0.25) is 0 Å². The average molecular weight is 351 g/mol. The van der Waals surface area contributed by atoms with Gasteiger partial charge in [-0.2, -0.15) is 0 Å². The first-order valence-corrected chi connectivity index (χ1v) is 7.65. The van der Waals surface area contributed by atoms with Crippen molar-refractivity contribution in [2.24, 2.45) is 10.9 Å². The van der Waals surface area contributed by atoms with E-state index in [2.05, 4.69) is 53.1 Å². The van der Waals surface area contributed by atoms with Crippen LogP contribution in [0.25, 0.3) is 0 Å². The van der Waals surface area contributed by atoms with E-state index in [9.17, 15) is 0 Å². The third-order valence-corrected chi connectivity index (χ3v) is 4.79. The van der Waals surface area contributed by atoms with Gasteiger partial charge in [-0.25, -0.2) is 0 Å². The summed E-state index contributed by atoms with van der Waals surface area (Å²) >= 11 is 5.05. The summed E-state index contributed by atoms with van der Waals surface area (Å²) in [7, 11) is 0. The molecule has 0 aromatic heterocycles. The summed E-state index contributed by atoms with van der Waals surface area (Å²) < 4.78 is 0.808. The van der Waals surface area contributed by atoms with Crippen molar-refractivity contribution < 1.29 is 5.21 Å². The lowest BCUT2D eigenvalue weighted by Crippen LogP contribution is -2.15. The maximum absolute atomic E-state index is 8.93. The van der Waals surface area contributed by atoms with Crippen molar-refractivity contribution in [3.8, 4) is 0 Å². The largest absolute Gasteiger partial charge is 0.409 e. The first-order chi connectivity index (χ1) is 9.52. The lowest BCUT2D eigenvalue weighted by Gasteiger charge is -2.12. The molecular formula is C15H15BrN2OS. The van der Waals surface area contributed by atoms with Gasteiger partial charge in [0.05, 0.1) is 0 Å². The molecule has 0 heterocycles. The van der Waals surface area contributed by atoms with Crippen LogP contribution >= 0.6 is 27.7 Å². The molecule has 104 valence electrons. The SMILES string of the molecule is Cc1ccc(Sc2cccc(Br)c2/C(N)=N/O)c(C)c1. The van der Waals surface area contributed by atoms with Gasteiger partial charge in [0, 0.05) is 19.8 Å². The van der Waals surface area contributed by atoms with E-state index >= 15 is 0 Å². The van der Waals surface area contributed by atoms with Gasteiger partial charge in [0.2, 0.25) is 0 Å². The molecule has 20 heavy (non-hydrogen) atoms. The van der Waals surface area contributed by atoms with Crippen LogP contribution in [-0.2, 0) is 0 Å². The van der Waals surface area contributed by atoms with E-state index in [1.165, 1.54) is 11.1 Å². The highest BCUT2D eigenvalue weighted by atomic mass is 79.9. The van der Waals surface area contributed by atoms with Gasteiger partial charge in [0.25, 0.3) is 0 Å². The molecule has 0 amide bonds. The molecule has 0 saturated carbocycles. The van der Waals surface area contributed by atoms with Gasteiger partial charge < -0.3 is 10.9 Å². The van der Waals surface area contributed by atoms with Crippen molar-refractivity contribution in [3.63, 3.8) is 0 Å². The van der Waals surface area contributed by atoms with Crippen LogP contribution in [0.3, 0.4) is 0 Å². The standard InChI is InChI=1S/C15H15BrN2OS/c1-9-6-7-12(10(2)8-9)20-13-5-3-4-11(16)14(13)15(17)18-19/h3-8,19H,1-2H3,(H2,17,18). The van der Waals surface area contributed by atoms with Gasteiger partial charge in [-0.1, -0.05) is 40.7 Å². The highest BCUT2D eigenvalue weighted by Crippen LogP contribution is 2.35. The van der Waals surface area contributed by atoms with Gasteiger partial charge in [-0.15, -0.1) is 0 Å². The van der Waals surface area contributed by atoms with Crippen molar-refractivity contribution in [1.29, 1.82) is 0 Å². The molecule has 0 aliphatic rings. The molecule has 0 aliphatic heterocycles. The van der Waals surface area contributed by atoms with Crippen molar-refractivity contribution in [2.75, 3.05) is 0 Å². The van der Waals surface area contributed by atoms with E-state index in [1.54, 1.807) is 11.8 Å². The Morgan fingerprint density at radius 1 is 1.20 bits per heavy atom. The smallest absolute Gasteiger partial charge is 0.172 e. The number of oxime groups is 1. The van der Waals surface area contributed by atoms with Crippen molar-refractivity contribution in [3.05, 3.63) is 57.6 Å². The molecule has 2 aromatic rings. The fraction of sp³-hybridized carbons (Fsp3) is 0.133. The molecule has 2 rings (SSSR count). The van der Waals surface area contributed by atoms with Gasteiger partial charge >= 0.3 is 0 Å². The first kappa shape index (κ1) is 14.9. The quantitative estimate of drug-likeness (QED) is 0.375. The minimum atomic E-state index is 0.102. The normalized spacial score (nSPS) is 11.7. The second-order valence-electron chi connectivity index (χ2n) is 4.47. The molecule has 2 aromatic carbocycles. The minimum absolute atomic E-state index is 0.102. The highest BCUT2D eigenvalue weighted by molar-refractivity contribution is 9.10. The zero-order valence-corrected chi connectivity index (χ0v) is 13.6. The molecule has 0 atom stereocenters. The van der Waals surface area contributed by atoms with Crippen LogP contribution in [0.5, 0.6) is 0 Å². The Kier molecular flexibility index (Phi) is 4.73. The fourth-order valence-corrected chi connectivity index (χ4v) is 3.68. The number of halogens is 1. The second kappa shape index (κ2) is 6.33. The Balaban J connectivity index is 2.46. The van der Waals surface area contributed by atoms with Gasteiger partial charge in [-0.3, -0.25) is 0 Å². The molecule has 0 aliphatic carbocycles. The minimum Gasteiger partial charge on any atom is -0.409 e. The molecule has 0 bridgehead atoms. The topological polar surface area (TPSA) is 58.6 Å². The van der Waals surface area contributed by atoms with Crippen LogP contribution in [0.1, 0.15) is 16.7 Å². The van der Waals surface area contributed by atoms with Crippen LogP contribution in [0.4, 0.5) is 0 Å². The monoisotopic (exact) mass is 350 g/mol. The molecule has 0 radical (unpaired) electrons. The second-order valence-corrected chi connectivity index (χ2v) is 6.41. The zero-order valence-electron chi connectivity index (χ0n) is 11.2. The van der Waals surface area contributed by atoms with E-state index < -0.39 is 0 Å². The molecule has 0 spiro atoms. The molecule has 5 heteroatoms. The highest BCUT2D eigenvalue weighted by Gasteiger charge is 2.13. The number of aryl methyl sites for hydroxylation is 2. The van der Waals surface area contributed by atoms with E-state index in [0.717, 1.165) is 14.3 Å². The van der Waals surface area contributed by atoms with Crippen LogP contribution < -0.4 is 5.73 Å². The lowest BCUT2D eigenvalue weighted by atomic mass is 10.2. The van der Waals surface area contributed by atoms with E-state index in [0.29, 0.717) is 5.56 Å². The Morgan fingerprint density at radius 3 is 2.60 bits per heavy atom. The molecule has 0 saturated heterocycles. The summed E-state index contributed by atoms with van der Waals surface area (Å²) in [5.74, 6) is 0.102. The Hall–Kier alpha value is -1.46. The summed E-state index contributed by atoms with van der Waals surface area (Å²) in [5.41, 5.74) is 8.92. The predicted molar refractivity (Wildman–Crippen MR) is 86.7 cm³/mol. The number of hydrogen-bond donors (Lipinski definition) is 2. The fourth-order valence-electron chi connectivity index (χ4n) is 1.92. The summed E-state index contributed by atoms with van der Waals surface area (Å²) in [6.07, 6.45) is 0. The molecular weight excluding hydrogens is 336 g/mol. The molecule has 3 nitrogen and oxygen atoms in total. The van der Waals surface area contributed by atoms with E-state index in [4.69, 9.17) is 10.9 Å². The van der Waals surface area contributed by atoms with Crippen molar-refractivity contribution in [2.45, 2.75) is 23.6 Å². The van der Waals surface area contributed by atoms with Crippen molar-refractivity contribution >= 4 is 33.5 Å². The van der Waals surface area contributed by atoms with E-state index in [-0.39, 0.29) is 5.84 Å². The van der Waals surface area contributed by atoms with Crippen LogP contribution in [-0.4, -0.2) is 11.0 Å². The molecule has 3 N–H and O–H groups in total. The van der Waals surface area contributed by atoms with Gasteiger partial charge in [0.15, 0.2) is 5.84 Å². The van der Waals surface area contributed by atoms with Gasteiger partial charge in [0.1, 0.15) is 0 Å².